The number of hydrogen-bond donors (Lipinski definition) is 1. The molecule has 4 atom stereocenters. The Labute approximate surface area is 135 Å². The number of fused-ring (bicyclic) bond motifs is 1. The number of amides is 1. The normalized spacial score (nSPS) is 35.1. The van der Waals surface area contributed by atoms with Gasteiger partial charge in [0.15, 0.2) is 0 Å². The predicted octanol–water partition coefficient (Wildman–Crippen LogP) is 2.57. The molecule has 0 aromatic rings. The molecular formula is C18H32N2O2. The van der Waals surface area contributed by atoms with E-state index in [1.54, 1.807) is 0 Å². The van der Waals surface area contributed by atoms with Gasteiger partial charge in [0, 0.05) is 25.7 Å². The third-order valence-corrected chi connectivity index (χ3v) is 5.67. The quantitative estimate of drug-likeness (QED) is 0.849. The zero-order valence-electron chi connectivity index (χ0n) is 14.2. The van der Waals surface area contributed by atoms with Crippen molar-refractivity contribution in [1.29, 1.82) is 0 Å². The zero-order valence-corrected chi connectivity index (χ0v) is 14.2. The molecule has 0 aromatic carbocycles. The van der Waals surface area contributed by atoms with Crippen molar-refractivity contribution in [3.05, 3.63) is 0 Å². The molecular weight excluding hydrogens is 276 g/mol. The molecule has 0 aromatic heterocycles. The summed E-state index contributed by atoms with van der Waals surface area (Å²) in [6.45, 7) is 6.94. The molecule has 0 bridgehead atoms. The molecule has 1 aliphatic carbocycles. The Morgan fingerprint density at radius 1 is 1.27 bits per heavy atom. The lowest BCUT2D eigenvalue weighted by Gasteiger charge is -2.24. The van der Waals surface area contributed by atoms with Crippen molar-refractivity contribution in [2.24, 2.45) is 11.8 Å². The lowest BCUT2D eigenvalue weighted by Crippen LogP contribution is -2.45. The van der Waals surface area contributed by atoms with Crippen molar-refractivity contribution < 1.29 is 9.53 Å². The first-order valence-electron chi connectivity index (χ1n) is 9.30. The molecule has 0 spiro atoms. The van der Waals surface area contributed by atoms with Crippen LogP contribution < -0.4 is 5.32 Å². The minimum Gasteiger partial charge on any atom is -0.376 e. The van der Waals surface area contributed by atoms with Crippen molar-refractivity contribution in [2.75, 3.05) is 19.7 Å². The van der Waals surface area contributed by atoms with E-state index in [0.717, 1.165) is 44.9 Å². The Balaban J connectivity index is 1.43. The van der Waals surface area contributed by atoms with Crippen LogP contribution in [0.2, 0.25) is 0 Å². The van der Waals surface area contributed by atoms with Crippen molar-refractivity contribution in [1.82, 2.24) is 10.2 Å². The minimum atomic E-state index is 0.0718. The van der Waals surface area contributed by atoms with E-state index >= 15 is 0 Å². The predicted molar refractivity (Wildman–Crippen MR) is 87.7 cm³/mol. The van der Waals surface area contributed by atoms with E-state index in [2.05, 4.69) is 19.2 Å². The molecule has 4 nitrogen and oxygen atoms in total. The molecule has 1 saturated carbocycles. The van der Waals surface area contributed by atoms with Gasteiger partial charge < -0.3 is 15.0 Å². The van der Waals surface area contributed by atoms with Gasteiger partial charge in [0.1, 0.15) is 0 Å². The summed E-state index contributed by atoms with van der Waals surface area (Å²) in [4.78, 5) is 14.8. The fourth-order valence-electron chi connectivity index (χ4n) is 4.27. The first-order valence-corrected chi connectivity index (χ1v) is 9.30. The van der Waals surface area contributed by atoms with Crippen LogP contribution in [0.4, 0.5) is 0 Å². The number of hydrogen-bond acceptors (Lipinski definition) is 3. The number of carbonyl (C=O) groups excluding carboxylic acids is 1. The van der Waals surface area contributed by atoms with E-state index in [0.29, 0.717) is 17.9 Å². The Kier molecular flexibility index (Phi) is 5.40. The van der Waals surface area contributed by atoms with Crippen molar-refractivity contribution in [3.63, 3.8) is 0 Å². The fraction of sp³-hybridized carbons (Fsp3) is 0.944. The van der Waals surface area contributed by atoms with Crippen LogP contribution in [-0.4, -0.2) is 48.7 Å². The zero-order chi connectivity index (χ0) is 15.5. The van der Waals surface area contributed by atoms with Gasteiger partial charge in [-0.05, 0) is 43.9 Å². The molecule has 4 unspecified atom stereocenters. The standard InChI is InChI=1S/C18H32N2O2/c1-13(2)8-10-22-15-7-9-20(12-15)18(21)17-11-14-5-3-4-6-16(14)19-17/h13-17,19H,3-12H2,1-2H3. The SMILES string of the molecule is CC(C)CCOC1CCN(C(=O)C2CC3CCCCC3N2)C1. The maximum atomic E-state index is 12.7. The monoisotopic (exact) mass is 308 g/mol. The van der Waals surface area contributed by atoms with E-state index in [-0.39, 0.29) is 12.1 Å². The second kappa shape index (κ2) is 7.31. The number of nitrogens with one attached hydrogen (secondary N) is 1. The van der Waals surface area contributed by atoms with Gasteiger partial charge in [-0.1, -0.05) is 26.7 Å². The Morgan fingerprint density at radius 2 is 2.09 bits per heavy atom. The van der Waals surface area contributed by atoms with Gasteiger partial charge in [0.25, 0.3) is 0 Å². The lowest BCUT2D eigenvalue weighted by atomic mass is 9.85. The van der Waals surface area contributed by atoms with E-state index in [4.69, 9.17) is 4.74 Å². The van der Waals surface area contributed by atoms with Crippen LogP contribution in [0.1, 0.15) is 58.8 Å². The molecule has 3 aliphatic rings. The summed E-state index contributed by atoms with van der Waals surface area (Å²) < 4.78 is 5.94. The second-order valence-corrected chi connectivity index (χ2v) is 7.85. The van der Waals surface area contributed by atoms with Crippen molar-refractivity contribution in [3.8, 4) is 0 Å². The van der Waals surface area contributed by atoms with Crippen LogP contribution in [0.25, 0.3) is 0 Å². The van der Waals surface area contributed by atoms with E-state index in [1.807, 2.05) is 4.90 Å². The molecule has 3 rings (SSSR count). The van der Waals surface area contributed by atoms with Gasteiger partial charge in [-0.3, -0.25) is 4.79 Å². The lowest BCUT2D eigenvalue weighted by molar-refractivity contribution is -0.132. The topological polar surface area (TPSA) is 41.6 Å². The smallest absolute Gasteiger partial charge is 0.239 e. The summed E-state index contributed by atoms with van der Waals surface area (Å²) in [5.74, 6) is 1.75. The highest BCUT2D eigenvalue weighted by atomic mass is 16.5. The molecule has 126 valence electrons. The molecule has 3 fully saturated rings. The van der Waals surface area contributed by atoms with Gasteiger partial charge in [0.2, 0.25) is 5.91 Å². The molecule has 22 heavy (non-hydrogen) atoms. The molecule has 1 amide bonds. The summed E-state index contributed by atoms with van der Waals surface area (Å²) in [6.07, 6.45) is 8.66. The number of rotatable bonds is 5. The number of likely N-dealkylation sites (tertiary alicyclic amines) is 1. The molecule has 4 heteroatoms. The van der Waals surface area contributed by atoms with E-state index < -0.39 is 0 Å². The van der Waals surface area contributed by atoms with Crippen molar-refractivity contribution >= 4 is 5.91 Å². The molecule has 2 aliphatic heterocycles. The summed E-state index contributed by atoms with van der Waals surface area (Å²) in [5.41, 5.74) is 0. The molecule has 1 N–H and O–H groups in total. The minimum absolute atomic E-state index is 0.0718. The summed E-state index contributed by atoms with van der Waals surface area (Å²) in [5, 5.41) is 3.61. The average Bonchev–Trinajstić information content (AvgIpc) is 3.12. The van der Waals surface area contributed by atoms with Gasteiger partial charge in [0.05, 0.1) is 12.1 Å². The first kappa shape index (κ1) is 16.3. The number of carbonyl (C=O) groups is 1. The second-order valence-electron chi connectivity index (χ2n) is 7.85. The highest BCUT2D eigenvalue weighted by Gasteiger charge is 2.41. The fourth-order valence-corrected chi connectivity index (χ4v) is 4.27. The summed E-state index contributed by atoms with van der Waals surface area (Å²) in [7, 11) is 0. The largest absolute Gasteiger partial charge is 0.376 e. The van der Waals surface area contributed by atoms with E-state index in [1.165, 1.54) is 25.7 Å². The van der Waals surface area contributed by atoms with Crippen molar-refractivity contribution in [2.45, 2.75) is 77.0 Å². The molecule has 2 saturated heterocycles. The molecule has 0 radical (unpaired) electrons. The number of nitrogens with zero attached hydrogens (tertiary/aromatic N) is 1. The average molecular weight is 308 g/mol. The van der Waals surface area contributed by atoms with Gasteiger partial charge in [-0.25, -0.2) is 0 Å². The Hall–Kier alpha value is -0.610. The molecule has 2 heterocycles. The highest BCUT2D eigenvalue weighted by molar-refractivity contribution is 5.82. The van der Waals surface area contributed by atoms with E-state index in [9.17, 15) is 4.79 Å². The Morgan fingerprint density at radius 3 is 2.86 bits per heavy atom. The van der Waals surface area contributed by atoms with Gasteiger partial charge in [-0.2, -0.15) is 0 Å². The first-order chi connectivity index (χ1) is 10.6. The van der Waals surface area contributed by atoms with Crippen LogP contribution in [-0.2, 0) is 9.53 Å². The van der Waals surface area contributed by atoms with Crippen LogP contribution in [0.5, 0.6) is 0 Å². The number of ether oxygens (including phenoxy) is 1. The van der Waals surface area contributed by atoms with Crippen LogP contribution in [0.15, 0.2) is 0 Å². The highest BCUT2D eigenvalue weighted by Crippen LogP contribution is 2.34. The summed E-state index contributed by atoms with van der Waals surface area (Å²) in [6, 6.07) is 0.672. The third kappa shape index (κ3) is 3.83. The van der Waals surface area contributed by atoms with Crippen LogP contribution in [0, 0.1) is 11.8 Å². The van der Waals surface area contributed by atoms with Gasteiger partial charge >= 0.3 is 0 Å². The third-order valence-electron chi connectivity index (χ3n) is 5.67. The Bertz CT molecular complexity index is 371. The maximum Gasteiger partial charge on any atom is 0.239 e. The van der Waals surface area contributed by atoms with Gasteiger partial charge in [-0.15, -0.1) is 0 Å². The van der Waals surface area contributed by atoms with Crippen LogP contribution >= 0.6 is 0 Å². The maximum absolute atomic E-state index is 12.7. The van der Waals surface area contributed by atoms with Crippen LogP contribution in [0.3, 0.4) is 0 Å². The summed E-state index contributed by atoms with van der Waals surface area (Å²) >= 11 is 0.